The zero-order valence-corrected chi connectivity index (χ0v) is 13.4. The number of carbonyl (C=O) groups excluding carboxylic acids is 1. The maximum absolute atomic E-state index is 13.1. The Bertz CT molecular complexity index is 565. The number of rotatable bonds is 6. The number of ether oxygens (including phenoxy) is 2. The van der Waals surface area contributed by atoms with Gasteiger partial charge in [0.2, 0.25) is 0 Å². The lowest BCUT2D eigenvalue weighted by Crippen LogP contribution is -2.29. The molecule has 1 atom stereocenters. The molecule has 0 aliphatic heterocycles. The third-order valence-electron chi connectivity index (χ3n) is 4.01. The first-order valence-corrected chi connectivity index (χ1v) is 8.06. The summed E-state index contributed by atoms with van der Waals surface area (Å²) in [5.41, 5.74) is -1.40. The van der Waals surface area contributed by atoms with Crippen molar-refractivity contribution in [3.8, 4) is 5.75 Å². The van der Waals surface area contributed by atoms with Crippen molar-refractivity contribution in [1.82, 2.24) is 0 Å². The van der Waals surface area contributed by atoms with Gasteiger partial charge >= 0.3 is 6.18 Å². The van der Waals surface area contributed by atoms with E-state index >= 15 is 0 Å². The van der Waals surface area contributed by atoms with E-state index in [0.717, 1.165) is 44.2 Å². The van der Waals surface area contributed by atoms with E-state index in [1.165, 1.54) is 0 Å². The fourth-order valence-corrected chi connectivity index (χ4v) is 2.75. The largest absolute Gasteiger partial charge is 0.545 e. The number of alkyl halides is 3. The van der Waals surface area contributed by atoms with E-state index in [2.05, 4.69) is 0 Å². The first-order chi connectivity index (χ1) is 11.3. The van der Waals surface area contributed by atoms with E-state index in [9.17, 15) is 23.1 Å². The fraction of sp³-hybridized carbons (Fsp3) is 0.588. The summed E-state index contributed by atoms with van der Waals surface area (Å²) in [5.74, 6) is -2.11. The van der Waals surface area contributed by atoms with Gasteiger partial charge in [-0.05, 0) is 25.0 Å². The number of hydrogen-bond donors (Lipinski definition) is 0. The van der Waals surface area contributed by atoms with Gasteiger partial charge in [-0.25, -0.2) is 0 Å². The van der Waals surface area contributed by atoms with Gasteiger partial charge in [-0.1, -0.05) is 32.3 Å². The summed E-state index contributed by atoms with van der Waals surface area (Å²) in [5, 5.41) is 10.9. The smallest absolute Gasteiger partial charge is 0.419 e. The van der Waals surface area contributed by atoms with Gasteiger partial charge in [-0.3, -0.25) is 0 Å². The maximum Gasteiger partial charge on any atom is 0.419 e. The van der Waals surface area contributed by atoms with Crippen molar-refractivity contribution >= 4 is 5.97 Å². The second-order valence-corrected chi connectivity index (χ2v) is 5.85. The summed E-state index contributed by atoms with van der Waals surface area (Å²) in [6, 6.07) is 2.38. The van der Waals surface area contributed by atoms with Crippen molar-refractivity contribution in [2.24, 2.45) is 0 Å². The van der Waals surface area contributed by atoms with Crippen LogP contribution in [0.2, 0.25) is 0 Å². The number of aromatic carboxylic acids is 1. The van der Waals surface area contributed by atoms with Gasteiger partial charge in [0.05, 0.1) is 17.6 Å². The SMILES string of the molecule is CCC(Oc1cc(C(=O)[O-])ccc1C(F)(F)F)OC1CCCCC1. The first kappa shape index (κ1) is 18.6. The Kier molecular flexibility index (Phi) is 6.10. The van der Waals surface area contributed by atoms with Gasteiger partial charge in [0, 0.05) is 12.0 Å². The molecule has 0 amide bonds. The van der Waals surface area contributed by atoms with Gasteiger partial charge in [0.25, 0.3) is 0 Å². The molecule has 0 aromatic heterocycles. The average molecular weight is 345 g/mol. The topological polar surface area (TPSA) is 58.6 Å². The second kappa shape index (κ2) is 7.88. The Hall–Kier alpha value is -1.76. The Balaban J connectivity index is 2.20. The van der Waals surface area contributed by atoms with Crippen LogP contribution in [0.25, 0.3) is 0 Å². The quantitative estimate of drug-likeness (QED) is 0.740. The van der Waals surface area contributed by atoms with Crippen LogP contribution in [0.1, 0.15) is 61.4 Å². The minimum absolute atomic E-state index is 0.0395. The molecule has 2 rings (SSSR count). The molecule has 7 heteroatoms. The molecule has 1 unspecified atom stereocenters. The van der Waals surface area contributed by atoms with Crippen LogP contribution < -0.4 is 9.84 Å². The van der Waals surface area contributed by atoms with Crippen molar-refractivity contribution in [2.75, 3.05) is 0 Å². The molecular weight excluding hydrogens is 325 g/mol. The Morgan fingerprint density at radius 2 is 1.96 bits per heavy atom. The molecule has 0 radical (unpaired) electrons. The Morgan fingerprint density at radius 3 is 2.50 bits per heavy atom. The minimum atomic E-state index is -4.65. The Morgan fingerprint density at radius 1 is 1.29 bits per heavy atom. The number of carboxylic acid groups (broad SMARTS) is 1. The van der Waals surface area contributed by atoms with Gasteiger partial charge in [0.15, 0.2) is 6.29 Å². The zero-order valence-electron chi connectivity index (χ0n) is 13.4. The normalized spacial score (nSPS) is 17.5. The third-order valence-corrected chi connectivity index (χ3v) is 4.01. The van der Waals surface area contributed by atoms with Crippen LogP contribution in [0, 0.1) is 0 Å². The molecule has 0 bridgehead atoms. The predicted octanol–water partition coefficient (Wildman–Crippen LogP) is 3.53. The summed E-state index contributed by atoms with van der Waals surface area (Å²) in [7, 11) is 0. The van der Waals surface area contributed by atoms with Crippen LogP contribution in [0.3, 0.4) is 0 Å². The van der Waals surface area contributed by atoms with E-state index in [4.69, 9.17) is 9.47 Å². The van der Waals surface area contributed by atoms with Crippen LogP contribution >= 0.6 is 0 Å². The number of halogens is 3. The van der Waals surface area contributed by atoms with Crippen LogP contribution in [-0.4, -0.2) is 18.4 Å². The molecule has 0 saturated heterocycles. The molecule has 1 aromatic carbocycles. The van der Waals surface area contributed by atoms with Gasteiger partial charge < -0.3 is 19.4 Å². The average Bonchev–Trinajstić information content (AvgIpc) is 2.54. The van der Waals surface area contributed by atoms with Crippen molar-refractivity contribution in [3.63, 3.8) is 0 Å². The lowest BCUT2D eigenvalue weighted by Gasteiger charge is -2.28. The number of carboxylic acids is 1. The van der Waals surface area contributed by atoms with Crippen LogP contribution in [0.15, 0.2) is 18.2 Å². The van der Waals surface area contributed by atoms with Crippen LogP contribution in [-0.2, 0) is 10.9 Å². The van der Waals surface area contributed by atoms with E-state index in [1.54, 1.807) is 6.92 Å². The molecule has 24 heavy (non-hydrogen) atoms. The molecule has 0 N–H and O–H groups in total. The second-order valence-electron chi connectivity index (χ2n) is 5.85. The van der Waals surface area contributed by atoms with Crippen molar-refractivity contribution in [1.29, 1.82) is 0 Å². The predicted molar refractivity (Wildman–Crippen MR) is 78.4 cm³/mol. The summed E-state index contributed by atoms with van der Waals surface area (Å²) >= 11 is 0. The summed E-state index contributed by atoms with van der Waals surface area (Å²) < 4.78 is 50.5. The monoisotopic (exact) mass is 345 g/mol. The summed E-state index contributed by atoms with van der Waals surface area (Å²) in [4.78, 5) is 10.9. The molecule has 1 fully saturated rings. The molecule has 0 heterocycles. The number of carbonyl (C=O) groups is 1. The van der Waals surface area contributed by atoms with Gasteiger partial charge in [-0.15, -0.1) is 0 Å². The van der Waals surface area contributed by atoms with Crippen LogP contribution in [0.4, 0.5) is 13.2 Å². The van der Waals surface area contributed by atoms with Crippen molar-refractivity contribution in [2.45, 2.75) is 64.0 Å². The van der Waals surface area contributed by atoms with Gasteiger partial charge in [-0.2, -0.15) is 13.2 Å². The molecular formula is C17H20F3O4-. The molecule has 134 valence electrons. The standard InChI is InChI=1S/C17H21F3O4/c1-2-15(23-12-6-4-3-5-7-12)24-14-10-11(16(21)22)8-9-13(14)17(18,19)20/h8-10,12,15H,2-7H2,1H3,(H,21,22)/p-1. The highest BCUT2D eigenvalue weighted by Gasteiger charge is 2.35. The highest BCUT2D eigenvalue weighted by Crippen LogP contribution is 2.37. The van der Waals surface area contributed by atoms with E-state index < -0.39 is 29.7 Å². The molecule has 1 saturated carbocycles. The Labute approximate surface area is 138 Å². The highest BCUT2D eigenvalue weighted by atomic mass is 19.4. The van der Waals surface area contributed by atoms with E-state index in [-0.39, 0.29) is 11.7 Å². The molecule has 1 aliphatic carbocycles. The van der Waals surface area contributed by atoms with E-state index in [1.807, 2.05) is 0 Å². The van der Waals surface area contributed by atoms with Crippen LogP contribution in [0.5, 0.6) is 5.75 Å². The maximum atomic E-state index is 13.1. The van der Waals surface area contributed by atoms with Crippen molar-refractivity contribution < 1.29 is 32.5 Å². The minimum Gasteiger partial charge on any atom is -0.545 e. The lowest BCUT2D eigenvalue weighted by atomic mass is 9.98. The van der Waals surface area contributed by atoms with E-state index in [0.29, 0.717) is 12.5 Å². The third kappa shape index (κ3) is 4.87. The number of benzene rings is 1. The molecule has 0 spiro atoms. The lowest BCUT2D eigenvalue weighted by molar-refractivity contribution is -0.255. The van der Waals surface area contributed by atoms with Gasteiger partial charge in [0.1, 0.15) is 5.75 Å². The summed E-state index contributed by atoms with van der Waals surface area (Å²) in [6.45, 7) is 1.74. The first-order valence-electron chi connectivity index (χ1n) is 8.06. The number of hydrogen-bond acceptors (Lipinski definition) is 4. The molecule has 4 nitrogen and oxygen atoms in total. The fourth-order valence-electron chi connectivity index (χ4n) is 2.75. The molecule has 1 aliphatic rings. The zero-order chi connectivity index (χ0) is 17.7. The highest BCUT2D eigenvalue weighted by molar-refractivity contribution is 5.86. The summed E-state index contributed by atoms with van der Waals surface area (Å²) in [6.07, 6.45) is -0.316. The van der Waals surface area contributed by atoms with Crippen molar-refractivity contribution in [3.05, 3.63) is 29.3 Å². The molecule has 1 aromatic rings.